The van der Waals surface area contributed by atoms with Gasteiger partial charge in [0.2, 0.25) is 0 Å². The van der Waals surface area contributed by atoms with Gasteiger partial charge in [0.1, 0.15) is 0 Å². The van der Waals surface area contributed by atoms with Gasteiger partial charge in [0.05, 0.1) is 13.4 Å². The minimum Gasteiger partial charge on any atom is -0.505 e. The third-order valence-corrected chi connectivity index (χ3v) is 2.16. The summed E-state index contributed by atoms with van der Waals surface area (Å²) in [6.45, 7) is 0. The number of hydrogen-bond donors (Lipinski definition) is 0. The number of hydrogen-bond acceptors (Lipinski definition) is 1. The van der Waals surface area contributed by atoms with Gasteiger partial charge in [-0.25, -0.2) is 0 Å². The molecule has 1 aliphatic carbocycles. The predicted octanol–water partition coefficient (Wildman–Crippen LogP) is 3.12. The monoisotopic (exact) mass is 154 g/mol. The highest BCUT2D eigenvalue weighted by atomic mass is 16.5. The van der Waals surface area contributed by atoms with E-state index in [2.05, 4.69) is 6.08 Å². The van der Waals surface area contributed by atoms with E-state index in [-0.39, 0.29) is 0 Å². The first-order chi connectivity index (χ1) is 5.43. The molecule has 1 nitrogen and oxygen atoms in total. The zero-order valence-electron chi connectivity index (χ0n) is 7.38. The first-order valence-electron chi connectivity index (χ1n) is 4.61. The second-order valence-corrected chi connectivity index (χ2v) is 3.34. The highest BCUT2D eigenvalue weighted by molar-refractivity contribution is 4.75. The zero-order valence-corrected chi connectivity index (χ0v) is 7.38. The van der Waals surface area contributed by atoms with Crippen molar-refractivity contribution in [3.8, 4) is 0 Å². The Morgan fingerprint density at radius 1 is 1.36 bits per heavy atom. The maximum absolute atomic E-state index is 4.80. The van der Waals surface area contributed by atoms with Crippen LogP contribution in [0.5, 0.6) is 0 Å². The van der Waals surface area contributed by atoms with E-state index >= 15 is 0 Å². The zero-order chi connectivity index (χ0) is 7.94. The summed E-state index contributed by atoms with van der Waals surface area (Å²) in [5.74, 6) is 1.10. The number of allylic oxidation sites excluding steroid dienone is 1. The molecule has 0 atom stereocenters. The third kappa shape index (κ3) is 4.88. The van der Waals surface area contributed by atoms with Crippen LogP contribution in [-0.4, -0.2) is 7.11 Å². The summed E-state index contributed by atoms with van der Waals surface area (Å²) in [5.41, 5.74) is 0. The summed E-state index contributed by atoms with van der Waals surface area (Å²) in [4.78, 5) is 0. The lowest BCUT2D eigenvalue weighted by Crippen LogP contribution is -1.77. The van der Waals surface area contributed by atoms with Crippen molar-refractivity contribution in [1.29, 1.82) is 0 Å². The van der Waals surface area contributed by atoms with Gasteiger partial charge < -0.3 is 4.74 Å². The quantitative estimate of drug-likeness (QED) is 0.422. The minimum absolute atomic E-state index is 1.10. The maximum atomic E-state index is 4.80. The van der Waals surface area contributed by atoms with Gasteiger partial charge in [-0.1, -0.05) is 25.7 Å². The van der Waals surface area contributed by atoms with E-state index in [4.69, 9.17) is 4.74 Å². The molecule has 0 radical (unpaired) electrons. The summed E-state index contributed by atoms with van der Waals surface area (Å²) in [6, 6.07) is 0. The van der Waals surface area contributed by atoms with Crippen LogP contribution in [0.15, 0.2) is 12.3 Å². The lowest BCUT2D eigenvalue weighted by atomic mass is 10.1. The van der Waals surface area contributed by atoms with Gasteiger partial charge in [-0.05, 0) is 24.8 Å². The fourth-order valence-corrected chi connectivity index (χ4v) is 1.27. The molecule has 0 amide bonds. The largest absolute Gasteiger partial charge is 0.505 e. The Kier molecular flexibility index (Phi) is 4.10. The summed E-state index contributed by atoms with van der Waals surface area (Å²) < 4.78 is 4.80. The Balaban J connectivity index is 1.76. The summed E-state index contributed by atoms with van der Waals surface area (Å²) >= 11 is 0. The van der Waals surface area contributed by atoms with E-state index in [0.29, 0.717) is 0 Å². The number of unbranched alkanes of at least 4 members (excludes halogenated alkanes) is 2. The highest BCUT2D eigenvalue weighted by Crippen LogP contribution is 2.33. The SMILES string of the molecule is COC=CCCCCC1CC1. The van der Waals surface area contributed by atoms with Crippen molar-refractivity contribution in [2.45, 2.75) is 38.5 Å². The van der Waals surface area contributed by atoms with E-state index < -0.39 is 0 Å². The molecule has 0 aromatic heterocycles. The summed E-state index contributed by atoms with van der Waals surface area (Å²) in [5, 5.41) is 0. The highest BCUT2D eigenvalue weighted by Gasteiger charge is 2.19. The average molecular weight is 154 g/mol. The Labute approximate surface area is 69.4 Å². The van der Waals surface area contributed by atoms with Crippen LogP contribution >= 0.6 is 0 Å². The Hall–Kier alpha value is -0.460. The average Bonchev–Trinajstić information content (AvgIpc) is 2.80. The van der Waals surface area contributed by atoms with Gasteiger partial charge in [0.25, 0.3) is 0 Å². The molecular weight excluding hydrogens is 136 g/mol. The van der Waals surface area contributed by atoms with Crippen molar-refractivity contribution in [3.05, 3.63) is 12.3 Å². The maximum Gasteiger partial charge on any atom is 0.0784 e. The Morgan fingerprint density at radius 2 is 2.18 bits per heavy atom. The second-order valence-electron chi connectivity index (χ2n) is 3.34. The van der Waals surface area contributed by atoms with Gasteiger partial charge >= 0.3 is 0 Å². The molecule has 1 rings (SSSR count). The van der Waals surface area contributed by atoms with E-state index in [1.54, 1.807) is 13.4 Å². The standard InChI is InChI=1S/C10H18O/c1-11-9-5-3-2-4-6-10-7-8-10/h5,9-10H,2-4,6-8H2,1H3. The van der Waals surface area contributed by atoms with Crippen LogP contribution in [0.2, 0.25) is 0 Å². The van der Waals surface area contributed by atoms with Gasteiger partial charge in [-0.2, -0.15) is 0 Å². The van der Waals surface area contributed by atoms with Crippen LogP contribution in [0.1, 0.15) is 38.5 Å². The molecule has 1 heteroatoms. The number of ether oxygens (including phenoxy) is 1. The van der Waals surface area contributed by atoms with Crippen molar-refractivity contribution in [3.63, 3.8) is 0 Å². The van der Waals surface area contributed by atoms with E-state index in [1.165, 1.54) is 38.5 Å². The molecule has 0 N–H and O–H groups in total. The van der Waals surface area contributed by atoms with Crippen molar-refractivity contribution in [1.82, 2.24) is 0 Å². The van der Waals surface area contributed by atoms with Crippen LogP contribution in [-0.2, 0) is 4.74 Å². The molecule has 0 bridgehead atoms. The number of rotatable bonds is 6. The molecule has 0 aliphatic heterocycles. The Morgan fingerprint density at radius 3 is 2.82 bits per heavy atom. The van der Waals surface area contributed by atoms with E-state index in [1.807, 2.05) is 0 Å². The van der Waals surface area contributed by atoms with Gasteiger partial charge in [0.15, 0.2) is 0 Å². The molecule has 0 saturated heterocycles. The van der Waals surface area contributed by atoms with Crippen LogP contribution < -0.4 is 0 Å². The van der Waals surface area contributed by atoms with Crippen molar-refractivity contribution >= 4 is 0 Å². The van der Waals surface area contributed by atoms with Crippen LogP contribution in [0.4, 0.5) is 0 Å². The summed E-state index contributed by atoms with van der Waals surface area (Å²) in [6.07, 6.45) is 12.2. The Bertz CT molecular complexity index is 114. The molecule has 0 heterocycles. The fraction of sp³-hybridized carbons (Fsp3) is 0.800. The van der Waals surface area contributed by atoms with Crippen LogP contribution in [0, 0.1) is 5.92 Å². The molecule has 1 fully saturated rings. The second kappa shape index (κ2) is 5.22. The van der Waals surface area contributed by atoms with E-state index in [9.17, 15) is 0 Å². The molecule has 0 aromatic carbocycles. The summed E-state index contributed by atoms with van der Waals surface area (Å²) in [7, 11) is 1.70. The first-order valence-corrected chi connectivity index (χ1v) is 4.61. The van der Waals surface area contributed by atoms with Crippen molar-refractivity contribution in [2.75, 3.05) is 7.11 Å². The van der Waals surface area contributed by atoms with Gasteiger partial charge in [-0.3, -0.25) is 0 Å². The smallest absolute Gasteiger partial charge is 0.0784 e. The fourth-order valence-electron chi connectivity index (χ4n) is 1.27. The van der Waals surface area contributed by atoms with Crippen molar-refractivity contribution < 1.29 is 4.74 Å². The van der Waals surface area contributed by atoms with Crippen molar-refractivity contribution in [2.24, 2.45) is 5.92 Å². The molecule has 64 valence electrons. The topological polar surface area (TPSA) is 9.23 Å². The molecule has 1 aliphatic rings. The molecule has 1 saturated carbocycles. The lowest BCUT2D eigenvalue weighted by Gasteiger charge is -1.94. The molecule has 0 unspecified atom stereocenters. The first kappa shape index (κ1) is 8.63. The van der Waals surface area contributed by atoms with Gasteiger partial charge in [0, 0.05) is 0 Å². The van der Waals surface area contributed by atoms with E-state index in [0.717, 1.165) is 5.92 Å². The molecule has 0 aromatic rings. The van der Waals surface area contributed by atoms with Gasteiger partial charge in [-0.15, -0.1) is 0 Å². The molecule has 11 heavy (non-hydrogen) atoms. The number of methoxy groups -OCH3 is 1. The lowest BCUT2D eigenvalue weighted by molar-refractivity contribution is 0.336. The van der Waals surface area contributed by atoms with Crippen LogP contribution in [0.25, 0.3) is 0 Å². The third-order valence-electron chi connectivity index (χ3n) is 2.16. The molecule has 0 spiro atoms. The van der Waals surface area contributed by atoms with Crippen LogP contribution in [0.3, 0.4) is 0 Å². The normalized spacial score (nSPS) is 17.5. The predicted molar refractivity (Wildman–Crippen MR) is 47.3 cm³/mol. The minimum atomic E-state index is 1.10. The molecular formula is C10H18O.